The van der Waals surface area contributed by atoms with Crippen LogP contribution in [0.4, 0.5) is 4.39 Å². The van der Waals surface area contributed by atoms with Crippen molar-refractivity contribution in [3.05, 3.63) is 95.8 Å². The number of amides is 1. The maximum atomic E-state index is 13.3. The minimum atomic E-state index is -0.831. The summed E-state index contributed by atoms with van der Waals surface area (Å²) in [7, 11) is 0. The highest BCUT2D eigenvalue weighted by molar-refractivity contribution is 5.98. The van der Waals surface area contributed by atoms with E-state index in [1.807, 2.05) is 12.1 Å². The fourth-order valence-corrected chi connectivity index (χ4v) is 4.61. The summed E-state index contributed by atoms with van der Waals surface area (Å²) in [5.41, 5.74) is 2.76. The third kappa shape index (κ3) is 6.80. The van der Waals surface area contributed by atoms with Crippen molar-refractivity contribution in [2.24, 2.45) is 0 Å². The molecule has 5 rings (SSSR count). The fraction of sp³-hybridized carbons (Fsp3) is 0.310. The van der Waals surface area contributed by atoms with E-state index in [1.165, 1.54) is 18.3 Å². The number of hydrogen-bond donors (Lipinski definition) is 3. The number of carbonyl (C=O) groups excluding carboxylic acids is 2. The summed E-state index contributed by atoms with van der Waals surface area (Å²) in [5.74, 6) is -0.140. The lowest BCUT2D eigenvalue weighted by molar-refractivity contribution is 0.0783. The molecule has 10 nitrogen and oxygen atoms in total. The molecule has 2 aromatic carbocycles. The summed E-state index contributed by atoms with van der Waals surface area (Å²) >= 11 is 0. The Morgan fingerprint density at radius 2 is 1.82 bits per heavy atom. The van der Waals surface area contributed by atoms with Crippen molar-refractivity contribution >= 4 is 11.8 Å². The third-order valence-corrected chi connectivity index (χ3v) is 6.87. The van der Waals surface area contributed by atoms with Gasteiger partial charge in [-0.25, -0.2) is 14.4 Å². The van der Waals surface area contributed by atoms with Crippen molar-refractivity contribution in [1.29, 1.82) is 0 Å². The second kappa shape index (κ2) is 12.7. The van der Waals surface area contributed by atoms with Crippen LogP contribution in [0.25, 0.3) is 11.4 Å². The van der Waals surface area contributed by atoms with Crippen LogP contribution in [-0.4, -0.2) is 67.1 Å². The number of aliphatic hydroxyl groups excluding tert-OH is 1. The molecule has 40 heavy (non-hydrogen) atoms. The van der Waals surface area contributed by atoms with Crippen molar-refractivity contribution in [2.45, 2.75) is 43.7 Å². The number of nitrogens with one attached hydrogen (secondary N) is 2. The molecule has 2 heterocycles. The Balaban J connectivity index is 1.20. The van der Waals surface area contributed by atoms with E-state index in [-0.39, 0.29) is 24.8 Å². The molecule has 1 amide bonds. The normalized spacial score (nSPS) is 16.9. The summed E-state index contributed by atoms with van der Waals surface area (Å²) in [6, 6.07) is 14.6. The second-order valence-corrected chi connectivity index (χ2v) is 9.74. The van der Waals surface area contributed by atoms with Crippen LogP contribution in [0.3, 0.4) is 0 Å². The lowest BCUT2D eigenvalue weighted by Crippen LogP contribution is -2.44. The van der Waals surface area contributed by atoms with Crippen LogP contribution in [0, 0.1) is 5.82 Å². The van der Waals surface area contributed by atoms with Crippen LogP contribution in [0.15, 0.2) is 73.2 Å². The lowest BCUT2D eigenvalue weighted by Gasteiger charge is -2.17. The largest absolute Gasteiger partial charge is 0.396 e. The van der Waals surface area contributed by atoms with Crippen LogP contribution in [0.2, 0.25) is 0 Å². The Morgan fingerprint density at radius 1 is 1.07 bits per heavy atom. The number of aromatic nitrogens is 5. The molecule has 1 saturated carbocycles. The fourth-order valence-electron chi connectivity index (χ4n) is 4.61. The van der Waals surface area contributed by atoms with Gasteiger partial charge in [-0.15, -0.1) is 5.10 Å². The van der Waals surface area contributed by atoms with Gasteiger partial charge in [0.05, 0.1) is 11.9 Å². The number of hydrogen-bond acceptors (Lipinski definition) is 8. The van der Waals surface area contributed by atoms with Crippen LogP contribution < -0.4 is 10.6 Å². The summed E-state index contributed by atoms with van der Waals surface area (Å²) in [4.78, 5) is 34.8. The number of halogens is 1. The van der Waals surface area contributed by atoms with Crippen LogP contribution >= 0.6 is 0 Å². The smallest absolute Gasteiger partial charge is 0.270 e. The lowest BCUT2D eigenvalue weighted by atomic mass is 10.1. The van der Waals surface area contributed by atoms with Gasteiger partial charge in [0, 0.05) is 48.5 Å². The molecule has 1 unspecified atom stereocenters. The van der Waals surface area contributed by atoms with Crippen LogP contribution in [-0.2, 0) is 6.42 Å². The highest BCUT2D eigenvalue weighted by Gasteiger charge is 2.37. The minimum absolute atomic E-state index is 0.108. The van der Waals surface area contributed by atoms with Gasteiger partial charge in [-0.05, 0) is 61.7 Å². The van der Waals surface area contributed by atoms with Crippen LogP contribution in [0.1, 0.15) is 51.6 Å². The number of rotatable bonds is 12. The molecule has 4 aromatic rings. The van der Waals surface area contributed by atoms with E-state index >= 15 is 0 Å². The third-order valence-electron chi connectivity index (χ3n) is 6.87. The summed E-state index contributed by atoms with van der Waals surface area (Å²) in [6.45, 7) is 0.545. The van der Waals surface area contributed by atoms with Gasteiger partial charge in [0.15, 0.2) is 5.82 Å². The molecular formula is C29H30FN7O3. The number of benzene rings is 2. The van der Waals surface area contributed by atoms with E-state index < -0.39 is 11.9 Å². The van der Waals surface area contributed by atoms with Gasteiger partial charge in [0.2, 0.25) is 0 Å². The molecule has 0 bridgehead atoms. The molecule has 206 valence electrons. The van der Waals surface area contributed by atoms with Gasteiger partial charge >= 0.3 is 0 Å². The van der Waals surface area contributed by atoms with E-state index in [0.717, 1.165) is 22.2 Å². The Bertz CT molecular complexity index is 1430. The molecule has 0 aliphatic heterocycles. The van der Waals surface area contributed by atoms with E-state index in [9.17, 15) is 14.0 Å². The van der Waals surface area contributed by atoms with Gasteiger partial charge in [0.1, 0.15) is 11.9 Å². The molecule has 3 atom stereocenters. The van der Waals surface area contributed by atoms with Gasteiger partial charge in [-0.1, -0.05) is 29.5 Å². The predicted molar refractivity (Wildman–Crippen MR) is 145 cm³/mol. The zero-order valence-electron chi connectivity index (χ0n) is 21.8. The maximum absolute atomic E-state index is 13.3. The first-order valence-electron chi connectivity index (χ1n) is 13.3. The molecule has 0 radical (unpaired) electrons. The highest BCUT2D eigenvalue weighted by Crippen LogP contribution is 2.40. The molecule has 3 N–H and O–H groups in total. The number of nitrogens with zero attached hydrogens (tertiary/aromatic N) is 5. The topological polar surface area (TPSA) is 135 Å². The first-order valence-corrected chi connectivity index (χ1v) is 13.3. The van der Waals surface area contributed by atoms with Crippen molar-refractivity contribution in [2.75, 3.05) is 13.2 Å². The first-order chi connectivity index (χ1) is 19.5. The van der Waals surface area contributed by atoms with Gasteiger partial charge in [0.25, 0.3) is 11.8 Å². The maximum Gasteiger partial charge on any atom is 0.270 e. The van der Waals surface area contributed by atoms with E-state index in [0.29, 0.717) is 48.4 Å². The Hall–Kier alpha value is -4.35. The molecular weight excluding hydrogens is 513 g/mol. The summed E-state index contributed by atoms with van der Waals surface area (Å²) in [6.07, 6.45) is 7.04. The average molecular weight is 544 g/mol. The molecule has 1 aliphatic rings. The standard InChI is InChI=1S/C29H30FN7O3/c30-22-10-8-19(9-11-22)24-17-26(24)31-13-1-3-25(29(40)37-18-23(12-16-38)35-36-37)34-28(39)21-6-4-20(5-7-21)27-32-14-2-15-33-27/h2,4-11,14-15,18,24-26,31,38H,1,3,12-13,16-17H2,(H,34,39)/t24-,25?,26+/m0/s1. The van der Waals surface area contributed by atoms with Crippen molar-refractivity contribution in [3.63, 3.8) is 0 Å². The van der Waals surface area contributed by atoms with Gasteiger partial charge in [-0.2, -0.15) is 4.68 Å². The monoisotopic (exact) mass is 543 g/mol. The Morgan fingerprint density at radius 3 is 2.55 bits per heavy atom. The number of carbonyl (C=O) groups is 2. The van der Waals surface area contributed by atoms with Crippen molar-refractivity contribution in [1.82, 2.24) is 35.6 Å². The minimum Gasteiger partial charge on any atom is -0.396 e. The Labute approximate surface area is 230 Å². The summed E-state index contributed by atoms with van der Waals surface area (Å²) in [5, 5.41) is 23.3. The molecule has 0 saturated heterocycles. The Kier molecular flexibility index (Phi) is 8.62. The SMILES string of the molecule is O=C(NC(CCCN[C@@H]1C[C@H]1c1ccc(F)cc1)C(=O)n1cc(CCO)nn1)c1ccc(-c2ncccn2)cc1. The highest BCUT2D eigenvalue weighted by atomic mass is 19.1. The van der Waals surface area contributed by atoms with E-state index in [4.69, 9.17) is 5.11 Å². The quantitative estimate of drug-likeness (QED) is 0.232. The predicted octanol–water partition coefficient (Wildman–Crippen LogP) is 2.77. The average Bonchev–Trinajstić information content (AvgIpc) is 3.61. The molecule has 2 aromatic heterocycles. The number of aliphatic hydroxyl groups is 1. The van der Waals surface area contributed by atoms with Crippen LogP contribution in [0.5, 0.6) is 0 Å². The first kappa shape index (κ1) is 27.2. The van der Waals surface area contributed by atoms with E-state index in [1.54, 1.807) is 42.7 Å². The van der Waals surface area contributed by atoms with Crippen molar-refractivity contribution < 1.29 is 19.1 Å². The zero-order chi connectivity index (χ0) is 27.9. The summed E-state index contributed by atoms with van der Waals surface area (Å²) < 4.78 is 14.3. The molecule has 11 heteroatoms. The van der Waals surface area contributed by atoms with Gasteiger partial charge in [-0.3, -0.25) is 9.59 Å². The molecule has 1 fully saturated rings. The molecule has 0 spiro atoms. The van der Waals surface area contributed by atoms with Crippen molar-refractivity contribution in [3.8, 4) is 11.4 Å². The zero-order valence-corrected chi connectivity index (χ0v) is 21.8. The van der Waals surface area contributed by atoms with Gasteiger partial charge < -0.3 is 15.7 Å². The molecule has 1 aliphatic carbocycles. The second-order valence-electron chi connectivity index (χ2n) is 9.74. The van der Waals surface area contributed by atoms with E-state index in [2.05, 4.69) is 30.9 Å².